The predicted molar refractivity (Wildman–Crippen MR) is 187 cm³/mol. The second-order valence-electron chi connectivity index (χ2n) is 13.7. The Morgan fingerprint density at radius 3 is 2.22 bits per heavy atom. The number of hydrogen-bond acceptors (Lipinski definition) is 8. The van der Waals surface area contributed by atoms with E-state index in [1.807, 2.05) is 63.2 Å². The number of aliphatic imine (C=N–C) groups is 1. The van der Waals surface area contributed by atoms with Crippen LogP contribution in [0, 0.1) is 17.8 Å². The summed E-state index contributed by atoms with van der Waals surface area (Å²) in [6, 6.07) is 21.6. The number of carboxylic acid groups (broad SMARTS) is 1. The second-order valence-corrected chi connectivity index (χ2v) is 13.7. The zero-order valence-electron chi connectivity index (χ0n) is 28.1. The monoisotopic (exact) mass is 665 g/mol. The number of amides is 2. The highest BCUT2D eigenvalue weighted by atomic mass is 16.6. The summed E-state index contributed by atoms with van der Waals surface area (Å²) >= 11 is 0. The molecule has 0 aromatic heterocycles. The van der Waals surface area contributed by atoms with Gasteiger partial charge in [0.25, 0.3) is 0 Å². The normalized spacial score (nSPS) is 17.9. The lowest BCUT2D eigenvalue weighted by Gasteiger charge is -2.29. The molecule has 1 aliphatic carbocycles. The Bertz CT molecular complexity index is 1720. The van der Waals surface area contributed by atoms with E-state index in [9.17, 15) is 24.3 Å². The van der Waals surface area contributed by atoms with E-state index in [-0.39, 0.29) is 35.5 Å². The molecular formula is C38H43N5O6. The van der Waals surface area contributed by atoms with Crippen LogP contribution in [0.5, 0.6) is 0 Å². The number of hydrogen-bond donors (Lipinski definition) is 3. The van der Waals surface area contributed by atoms with E-state index < -0.39 is 23.6 Å². The van der Waals surface area contributed by atoms with Gasteiger partial charge >= 0.3 is 12.1 Å². The minimum absolute atomic E-state index is 0.0701. The first-order chi connectivity index (χ1) is 23.4. The third-order valence-corrected chi connectivity index (χ3v) is 8.79. The number of carbonyl (C=O) groups is 4. The van der Waals surface area contributed by atoms with Crippen molar-refractivity contribution in [2.45, 2.75) is 64.9 Å². The van der Waals surface area contributed by atoms with E-state index in [2.05, 4.69) is 25.9 Å². The van der Waals surface area contributed by atoms with Crippen molar-refractivity contribution in [1.82, 2.24) is 5.32 Å². The topological polar surface area (TPSA) is 159 Å². The van der Waals surface area contributed by atoms with Crippen LogP contribution in [-0.2, 0) is 20.7 Å². The number of azo groups is 1. The predicted octanol–water partition coefficient (Wildman–Crippen LogP) is 7.31. The Hall–Kier alpha value is -5.19. The number of carbonyl (C=O) groups excluding carboxylic acids is 3. The number of alkyl carbamates (subject to hydrolysis) is 1. The molecule has 0 unspecified atom stereocenters. The fourth-order valence-electron chi connectivity index (χ4n) is 6.17. The van der Waals surface area contributed by atoms with Crippen molar-refractivity contribution in [3.63, 3.8) is 0 Å². The number of nitrogens with zero attached hydrogens (tertiary/aromatic N) is 3. The number of ketones is 1. The third kappa shape index (κ3) is 10.2. The smallest absolute Gasteiger partial charge is 0.407 e. The third-order valence-electron chi connectivity index (χ3n) is 8.79. The second kappa shape index (κ2) is 15.8. The minimum Gasteiger partial charge on any atom is -0.478 e. The van der Waals surface area contributed by atoms with Crippen LogP contribution in [0.3, 0.4) is 0 Å². The highest BCUT2D eigenvalue weighted by Gasteiger charge is 2.31. The maximum Gasteiger partial charge on any atom is 0.407 e. The van der Waals surface area contributed by atoms with Gasteiger partial charge in [-0.2, -0.15) is 5.11 Å². The van der Waals surface area contributed by atoms with Crippen molar-refractivity contribution >= 4 is 35.3 Å². The average Bonchev–Trinajstić information content (AvgIpc) is 3.62. The molecule has 0 saturated heterocycles. The Balaban J connectivity index is 1.24. The number of benzene rings is 3. The van der Waals surface area contributed by atoms with Gasteiger partial charge in [0.05, 0.1) is 5.56 Å². The van der Waals surface area contributed by atoms with Gasteiger partial charge in [0, 0.05) is 36.1 Å². The fourth-order valence-corrected chi connectivity index (χ4v) is 6.17. The van der Waals surface area contributed by atoms with Crippen molar-refractivity contribution in [3.8, 4) is 11.1 Å². The van der Waals surface area contributed by atoms with Crippen LogP contribution in [-0.4, -0.2) is 53.5 Å². The number of aromatic carboxylic acids is 1. The molecule has 256 valence electrons. The Labute approximate surface area is 286 Å². The first-order valence-corrected chi connectivity index (χ1v) is 16.7. The average molecular weight is 666 g/mol. The van der Waals surface area contributed by atoms with Gasteiger partial charge in [0.2, 0.25) is 5.91 Å². The number of Topliss-reactive ketones (excluding diaryl/α,β-unsaturated/α-hetero) is 1. The molecule has 0 bridgehead atoms. The molecule has 3 N–H and O–H groups in total. The van der Waals surface area contributed by atoms with Crippen molar-refractivity contribution in [3.05, 3.63) is 89.5 Å². The maximum atomic E-state index is 13.7. The molecule has 0 radical (unpaired) electrons. The van der Waals surface area contributed by atoms with E-state index in [1.165, 1.54) is 0 Å². The summed E-state index contributed by atoms with van der Waals surface area (Å²) in [4.78, 5) is 55.2. The van der Waals surface area contributed by atoms with E-state index in [4.69, 9.17) is 4.74 Å². The van der Waals surface area contributed by atoms with Crippen molar-refractivity contribution in [1.29, 1.82) is 0 Å². The van der Waals surface area contributed by atoms with Gasteiger partial charge in [0.1, 0.15) is 11.4 Å². The van der Waals surface area contributed by atoms with Crippen LogP contribution >= 0.6 is 0 Å². The number of amidine groups is 1. The Morgan fingerprint density at radius 1 is 0.898 bits per heavy atom. The van der Waals surface area contributed by atoms with Crippen LogP contribution in [0.15, 0.2) is 88.0 Å². The largest absolute Gasteiger partial charge is 0.478 e. The number of rotatable bonds is 12. The van der Waals surface area contributed by atoms with Gasteiger partial charge in [0.15, 0.2) is 12.5 Å². The minimum atomic E-state index is -0.990. The molecule has 0 spiro atoms. The Morgan fingerprint density at radius 2 is 1.59 bits per heavy atom. The fraction of sp³-hybridized carbons (Fsp3) is 0.395. The summed E-state index contributed by atoms with van der Waals surface area (Å²) in [5.41, 5.74) is 3.58. The molecule has 1 saturated carbocycles. The van der Waals surface area contributed by atoms with Crippen molar-refractivity contribution in [2.75, 3.05) is 18.5 Å². The number of nitrogens with one attached hydrogen (secondary N) is 2. The SMILES string of the molecule is CC(C)(C)OC(=O)NCC1CCC(C(=O)C[C@@H](Cc2ccc(-c3cccc(C(=O)O)c3)cc2)C(=O)Nc2ccc(C3=NCN=N3)cc2)CC1. The molecular weight excluding hydrogens is 622 g/mol. The molecule has 1 fully saturated rings. The van der Waals surface area contributed by atoms with E-state index in [0.717, 1.165) is 35.1 Å². The first kappa shape index (κ1) is 35.1. The molecule has 1 heterocycles. The van der Waals surface area contributed by atoms with Gasteiger partial charge in [-0.15, -0.1) is 5.11 Å². The maximum absolute atomic E-state index is 13.7. The summed E-state index contributed by atoms with van der Waals surface area (Å²) in [5, 5.41) is 23.1. The molecule has 2 amide bonds. The zero-order valence-corrected chi connectivity index (χ0v) is 28.1. The summed E-state index contributed by atoms with van der Waals surface area (Å²) in [5.74, 6) is -1.09. The van der Waals surface area contributed by atoms with Crippen LogP contribution in [0.25, 0.3) is 11.1 Å². The lowest BCUT2D eigenvalue weighted by atomic mass is 9.77. The molecule has 3 aromatic carbocycles. The lowest BCUT2D eigenvalue weighted by molar-refractivity contribution is -0.129. The summed E-state index contributed by atoms with van der Waals surface area (Å²) < 4.78 is 5.34. The summed E-state index contributed by atoms with van der Waals surface area (Å²) in [7, 11) is 0. The number of carboxylic acids is 1. The molecule has 1 atom stereocenters. The summed E-state index contributed by atoms with van der Waals surface area (Å²) in [6.45, 7) is 6.29. The van der Waals surface area contributed by atoms with Gasteiger partial charge in [-0.05, 0) is 112 Å². The van der Waals surface area contributed by atoms with Gasteiger partial charge in [-0.25, -0.2) is 14.6 Å². The van der Waals surface area contributed by atoms with Crippen LogP contribution in [0.2, 0.25) is 0 Å². The standard InChI is InChI=1S/C38H43N5O6/c1-38(2,3)49-37(48)39-22-25-9-13-27(14-10-25)33(44)21-31(35(45)42-32-17-15-28(16-18-32)34-40-23-41-43-34)19-24-7-11-26(12-8-24)29-5-4-6-30(20-29)36(46)47/h4-8,11-12,15-18,20,25,27,31H,9-10,13-14,19,21-23H2,1-3H3,(H,39,48)(H,42,45)(H,46,47)/t25?,27?,31-/m1/s1. The zero-order chi connectivity index (χ0) is 35.0. The highest BCUT2D eigenvalue weighted by molar-refractivity contribution is 6.01. The molecule has 11 nitrogen and oxygen atoms in total. The van der Waals surface area contributed by atoms with E-state index in [0.29, 0.717) is 44.0 Å². The van der Waals surface area contributed by atoms with E-state index in [1.54, 1.807) is 30.3 Å². The number of anilines is 1. The molecule has 1 aliphatic heterocycles. The summed E-state index contributed by atoms with van der Waals surface area (Å²) in [6.07, 6.45) is 3.07. The highest BCUT2D eigenvalue weighted by Crippen LogP contribution is 2.32. The molecule has 2 aliphatic rings. The van der Waals surface area contributed by atoms with Crippen molar-refractivity contribution < 1.29 is 29.0 Å². The first-order valence-electron chi connectivity index (χ1n) is 16.7. The molecule has 3 aromatic rings. The van der Waals surface area contributed by atoms with Crippen LogP contribution in [0.4, 0.5) is 10.5 Å². The molecule has 5 rings (SSSR count). The van der Waals surface area contributed by atoms with Gasteiger partial charge in [-0.3, -0.25) is 9.59 Å². The van der Waals surface area contributed by atoms with Crippen LogP contribution < -0.4 is 10.6 Å². The molecule has 49 heavy (non-hydrogen) atoms. The van der Waals surface area contributed by atoms with Gasteiger partial charge in [-0.1, -0.05) is 36.4 Å². The van der Waals surface area contributed by atoms with Crippen molar-refractivity contribution in [2.24, 2.45) is 33.0 Å². The van der Waals surface area contributed by atoms with Crippen LogP contribution in [0.1, 0.15) is 74.4 Å². The van der Waals surface area contributed by atoms with E-state index >= 15 is 0 Å². The quantitative estimate of drug-likeness (QED) is 0.184. The number of ether oxygens (including phenoxy) is 1. The molecule has 11 heteroatoms. The Kier molecular flexibility index (Phi) is 11.3. The van der Waals surface area contributed by atoms with Gasteiger partial charge < -0.3 is 20.5 Å². The lowest BCUT2D eigenvalue weighted by Crippen LogP contribution is -2.37.